The Kier molecular flexibility index (Phi) is 3.57. The molecule has 0 atom stereocenters. The molecule has 0 saturated carbocycles. The Morgan fingerprint density at radius 2 is 2.21 bits per heavy atom. The number of aromatic nitrogens is 3. The van der Waals surface area contributed by atoms with Crippen LogP contribution in [0.15, 0.2) is 35.8 Å². The molecule has 3 aromatic heterocycles. The summed E-state index contributed by atoms with van der Waals surface area (Å²) in [6.07, 6.45) is 2.89. The van der Waals surface area contributed by atoms with Crippen LogP contribution in [-0.2, 0) is 13.0 Å². The molecule has 98 valence electrons. The first-order valence-corrected chi connectivity index (χ1v) is 7.25. The monoisotopic (exact) mass is 272 g/mol. The fraction of sp³-hybridized carbons (Fsp3) is 0.286. The standard InChI is InChI=1S/C14H16N4S/c1-11-6-9-19-12(11)10-15-7-5-14-17-16-13-4-2-3-8-18(13)14/h2-4,6,8-9,15H,5,7,10H2,1H3. The Labute approximate surface area is 116 Å². The molecule has 0 aromatic carbocycles. The van der Waals surface area contributed by atoms with Crippen LogP contribution in [0.3, 0.4) is 0 Å². The van der Waals surface area contributed by atoms with Gasteiger partial charge in [0.2, 0.25) is 0 Å². The minimum Gasteiger partial charge on any atom is -0.311 e. The lowest BCUT2D eigenvalue weighted by Crippen LogP contribution is -2.17. The lowest BCUT2D eigenvalue weighted by atomic mass is 10.3. The number of nitrogens with zero attached hydrogens (tertiary/aromatic N) is 3. The van der Waals surface area contributed by atoms with Crippen LogP contribution >= 0.6 is 11.3 Å². The van der Waals surface area contributed by atoms with Crippen LogP contribution in [0.1, 0.15) is 16.3 Å². The molecule has 0 saturated heterocycles. The van der Waals surface area contributed by atoms with Crippen molar-refractivity contribution in [2.45, 2.75) is 19.9 Å². The van der Waals surface area contributed by atoms with E-state index in [1.807, 2.05) is 28.8 Å². The topological polar surface area (TPSA) is 42.2 Å². The third-order valence-corrected chi connectivity index (χ3v) is 4.19. The summed E-state index contributed by atoms with van der Waals surface area (Å²) in [5.74, 6) is 1.01. The number of aryl methyl sites for hydroxylation is 1. The van der Waals surface area contributed by atoms with E-state index in [2.05, 4.69) is 33.9 Å². The Hall–Kier alpha value is -1.72. The van der Waals surface area contributed by atoms with E-state index in [1.165, 1.54) is 10.4 Å². The summed E-state index contributed by atoms with van der Waals surface area (Å²) >= 11 is 1.80. The molecule has 5 heteroatoms. The molecule has 3 rings (SSSR count). The van der Waals surface area contributed by atoms with Gasteiger partial charge in [-0.15, -0.1) is 21.5 Å². The first-order valence-electron chi connectivity index (χ1n) is 6.37. The molecule has 0 aliphatic carbocycles. The van der Waals surface area contributed by atoms with Crippen LogP contribution in [0.2, 0.25) is 0 Å². The Bertz CT molecular complexity index is 671. The summed E-state index contributed by atoms with van der Waals surface area (Å²) < 4.78 is 2.04. The maximum Gasteiger partial charge on any atom is 0.160 e. The van der Waals surface area contributed by atoms with E-state index in [4.69, 9.17) is 0 Å². The molecule has 0 fully saturated rings. The second-order valence-electron chi connectivity index (χ2n) is 4.50. The summed E-state index contributed by atoms with van der Waals surface area (Å²) in [7, 11) is 0. The van der Waals surface area contributed by atoms with Gasteiger partial charge in [-0.1, -0.05) is 6.07 Å². The minimum atomic E-state index is 0.885. The SMILES string of the molecule is Cc1ccsc1CNCCc1nnc2ccccn12. The first-order chi connectivity index (χ1) is 9.34. The Balaban J connectivity index is 1.57. The fourth-order valence-corrected chi connectivity index (χ4v) is 2.92. The highest BCUT2D eigenvalue weighted by atomic mass is 32.1. The van der Waals surface area contributed by atoms with Crippen molar-refractivity contribution in [2.75, 3.05) is 6.54 Å². The van der Waals surface area contributed by atoms with Gasteiger partial charge in [0.1, 0.15) is 5.82 Å². The second-order valence-corrected chi connectivity index (χ2v) is 5.50. The quantitative estimate of drug-likeness (QED) is 0.725. The van der Waals surface area contributed by atoms with Crippen molar-refractivity contribution in [3.8, 4) is 0 Å². The summed E-state index contributed by atoms with van der Waals surface area (Å²) in [5, 5.41) is 14.0. The predicted molar refractivity (Wildman–Crippen MR) is 77.5 cm³/mol. The van der Waals surface area contributed by atoms with Gasteiger partial charge >= 0.3 is 0 Å². The van der Waals surface area contributed by atoms with Crippen LogP contribution < -0.4 is 5.32 Å². The number of fused-ring (bicyclic) bond motifs is 1. The first kappa shape index (κ1) is 12.3. The predicted octanol–water partition coefficient (Wildman–Crippen LogP) is 2.43. The number of hydrogen-bond donors (Lipinski definition) is 1. The lowest BCUT2D eigenvalue weighted by molar-refractivity contribution is 0.671. The average molecular weight is 272 g/mol. The average Bonchev–Trinajstić information content (AvgIpc) is 3.02. The molecule has 19 heavy (non-hydrogen) atoms. The van der Waals surface area contributed by atoms with Crippen LogP contribution in [0.5, 0.6) is 0 Å². The zero-order valence-electron chi connectivity index (χ0n) is 10.8. The van der Waals surface area contributed by atoms with Gasteiger partial charge in [-0.2, -0.15) is 0 Å². The number of pyridine rings is 1. The molecule has 0 bridgehead atoms. The van der Waals surface area contributed by atoms with Gasteiger partial charge in [-0.25, -0.2) is 0 Å². The summed E-state index contributed by atoms with van der Waals surface area (Å²) in [4.78, 5) is 1.41. The van der Waals surface area contributed by atoms with E-state index in [0.717, 1.165) is 31.0 Å². The molecular weight excluding hydrogens is 256 g/mol. The molecule has 0 aliphatic heterocycles. The third-order valence-electron chi connectivity index (χ3n) is 3.16. The van der Waals surface area contributed by atoms with Crippen molar-refractivity contribution in [1.29, 1.82) is 0 Å². The maximum absolute atomic E-state index is 4.22. The van der Waals surface area contributed by atoms with Crippen molar-refractivity contribution in [2.24, 2.45) is 0 Å². The van der Waals surface area contributed by atoms with E-state index < -0.39 is 0 Å². The molecule has 0 radical (unpaired) electrons. The normalized spacial score (nSPS) is 11.2. The summed E-state index contributed by atoms with van der Waals surface area (Å²) in [6, 6.07) is 8.11. The molecule has 3 heterocycles. The number of rotatable bonds is 5. The highest BCUT2D eigenvalue weighted by molar-refractivity contribution is 7.10. The van der Waals surface area contributed by atoms with E-state index in [-0.39, 0.29) is 0 Å². The molecule has 3 aromatic rings. The minimum absolute atomic E-state index is 0.885. The molecule has 1 N–H and O–H groups in total. The van der Waals surface area contributed by atoms with Crippen molar-refractivity contribution in [3.05, 3.63) is 52.1 Å². The zero-order valence-corrected chi connectivity index (χ0v) is 11.7. The smallest absolute Gasteiger partial charge is 0.160 e. The Morgan fingerprint density at radius 1 is 1.26 bits per heavy atom. The van der Waals surface area contributed by atoms with E-state index in [1.54, 1.807) is 11.3 Å². The highest BCUT2D eigenvalue weighted by Gasteiger charge is 2.04. The number of nitrogens with one attached hydrogen (secondary N) is 1. The van der Waals surface area contributed by atoms with Crippen LogP contribution in [0, 0.1) is 6.92 Å². The molecule has 0 unspecified atom stereocenters. The molecular formula is C14H16N4S. The van der Waals surface area contributed by atoms with Gasteiger partial charge in [0, 0.05) is 30.6 Å². The highest BCUT2D eigenvalue weighted by Crippen LogP contribution is 2.14. The number of hydrogen-bond acceptors (Lipinski definition) is 4. The largest absolute Gasteiger partial charge is 0.311 e. The molecule has 0 amide bonds. The molecule has 0 aliphatic rings. The Morgan fingerprint density at radius 3 is 3.05 bits per heavy atom. The van der Waals surface area contributed by atoms with Crippen LogP contribution in [-0.4, -0.2) is 21.1 Å². The van der Waals surface area contributed by atoms with E-state index in [9.17, 15) is 0 Å². The van der Waals surface area contributed by atoms with Crippen molar-refractivity contribution in [1.82, 2.24) is 19.9 Å². The van der Waals surface area contributed by atoms with Crippen molar-refractivity contribution >= 4 is 17.0 Å². The molecule has 4 nitrogen and oxygen atoms in total. The van der Waals surface area contributed by atoms with Gasteiger partial charge in [0.05, 0.1) is 0 Å². The zero-order chi connectivity index (χ0) is 13.1. The summed E-state index contributed by atoms with van der Waals surface area (Å²) in [6.45, 7) is 3.99. The molecule has 0 spiro atoms. The lowest BCUT2D eigenvalue weighted by Gasteiger charge is -2.03. The van der Waals surface area contributed by atoms with E-state index in [0.29, 0.717) is 0 Å². The van der Waals surface area contributed by atoms with Gasteiger partial charge in [-0.05, 0) is 36.1 Å². The second kappa shape index (κ2) is 5.50. The number of thiophene rings is 1. The van der Waals surface area contributed by atoms with Gasteiger partial charge in [-0.3, -0.25) is 4.40 Å². The fourth-order valence-electron chi connectivity index (χ4n) is 2.05. The maximum atomic E-state index is 4.22. The summed E-state index contributed by atoms with van der Waals surface area (Å²) in [5.41, 5.74) is 2.28. The van der Waals surface area contributed by atoms with Gasteiger partial charge in [0.15, 0.2) is 5.65 Å². The van der Waals surface area contributed by atoms with Crippen LogP contribution in [0.25, 0.3) is 5.65 Å². The van der Waals surface area contributed by atoms with Gasteiger partial charge < -0.3 is 5.32 Å². The van der Waals surface area contributed by atoms with Crippen molar-refractivity contribution in [3.63, 3.8) is 0 Å². The van der Waals surface area contributed by atoms with Crippen LogP contribution in [0.4, 0.5) is 0 Å². The van der Waals surface area contributed by atoms with E-state index >= 15 is 0 Å². The van der Waals surface area contributed by atoms with Gasteiger partial charge in [0.25, 0.3) is 0 Å². The third kappa shape index (κ3) is 2.67. The van der Waals surface area contributed by atoms with Crippen molar-refractivity contribution < 1.29 is 0 Å².